The highest BCUT2D eigenvalue weighted by Crippen LogP contribution is 2.34. The summed E-state index contributed by atoms with van der Waals surface area (Å²) in [6.45, 7) is 0.417. The third-order valence-corrected chi connectivity index (χ3v) is 3.18. The van der Waals surface area contributed by atoms with Gasteiger partial charge in [0.15, 0.2) is 0 Å². The first kappa shape index (κ1) is 13.6. The molecule has 0 fully saturated rings. The average molecular weight is 301 g/mol. The molecule has 1 N–H and O–H groups in total. The van der Waals surface area contributed by atoms with Crippen molar-refractivity contribution in [3.8, 4) is 0 Å². The Bertz CT molecular complexity index is 604. The number of nitro groups is 1. The summed E-state index contributed by atoms with van der Waals surface area (Å²) in [5.41, 5.74) is 0.314. The molecule has 100 valence electrons. The molecule has 0 unspecified atom stereocenters. The van der Waals surface area contributed by atoms with Crippen LogP contribution in [0.5, 0.6) is 0 Å². The van der Waals surface area contributed by atoms with Crippen LogP contribution in [0.3, 0.4) is 0 Å². The summed E-state index contributed by atoms with van der Waals surface area (Å²) in [5, 5.41) is 14.1. The van der Waals surface area contributed by atoms with Crippen LogP contribution < -0.4 is 5.32 Å². The van der Waals surface area contributed by atoms with E-state index in [0.29, 0.717) is 12.2 Å². The van der Waals surface area contributed by atoms with Gasteiger partial charge in [0.1, 0.15) is 5.82 Å². The van der Waals surface area contributed by atoms with Crippen LogP contribution in [0.2, 0.25) is 10.0 Å². The number of nitro benzene ring substituents is 1. The lowest BCUT2D eigenvalue weighted by molar-refractivity contribution is -0.384. The molecule has 1 aromatic heterocycles. The maximum absolute atomic E-state index is 10.7. The van der Waals surface area contributed by atoms with Crippen molar-refractivity contribution in [1.82, 2.24) is 9.55 Å². The van der Waals surface area contributed by atoms with E-state index in [4.69, 9.17) is 23.2 Å². The SMILES string of the molecule is Cn1ccnc1CNc1c(Cl)cc([N+](=O)[O-])cc1Cl. The second-order valence-electron chi connectivity index (χ2n) is 3.85. The largest absolute Gasteiger partial charge is 0.375 e. The number of nitrogens with zero attached hydrogens (tertiary/aromatic N) is 3. The molecule has 1 aromatic carbocycles. The molecule has 0 amide bonds. The maximum Gasteiger partial charge on any atom is 0.272 e. The van der Waals surface area contributed by atoms with Gasteiger partial charge in [-0.2, -0.15) is 0 Å². The van der Waals surface area contributed by atoms with E-state index in [0.717, 1.165) is 5.82 Å². The highest BCUT2D eigenvalue weighted by atomic mass is 35.5. The summed E-state index contributed by atoms with van der Waals surface area (Å²) >= 11 is 12.0. The quantitative estimate of drug-likeness (QED) is 0.695. The minimum absolute atomic E-state index is 0.141. The van der Waals surface area contributed by atoms with E-state index in [1.807, 2.05) is 17.8 Å². The third-order valence-electron chi connectivity index (χ3n) is 2.58. The number of hydrogen-bond acceptors (Lipinski definition) is 4. The Balaban J connectivity index is 2.21. The van der Waals surface area contributed by atoms with E-state index >= 15 is 0 Å². The second kappa shape index (κ2) is 5.46. The summed E-state index contributed by atoms with van der Waals surface area (Å²) in [4.78, 5) is 14.3. The minimum atomic E-state index is -0.541. The first-order valence-electron chi connectivity index (χ1n) is 5.32. The Morgan fingerprint density at radius 2 is 2.05 bits per heavy atom. The molecule has 0 spiro atoms. The predicted octanol–water partition coefficient (Wildman–Crippen LogP) is 3.25. The zero-order valence-corrected chi connectivity index (χ0v) is 11.4. The van der Waals surface area contributed by atoms with Gasteiger partial charge in [-0.15, -0.1) is 0 Å². The number of non-ortho nitro benzene ring substituents is 1. The fourth-order valence-corrected chi connectivity index (χ4v) is 2.18. The van der Waals surface area contributed by atoms with Crippen molar-refractivity contribution in [2.24, 2.45) is 7.05 Å². The van der Waals surface area contributed by atoms with Crippen molar-refractivity contribution in [1.29, 1.82) is 0 Å². The molecule has 0 saturated carbocycles. The topological polar surface area (TPSA) is 73.0 Å². The van der Waals surface area contributed by atoms with E-state index in [2.05, 4.69) is 10.3 Å². The van der Waals surface area contributed by atoms with Crippen LogP contribution in [0.4, 0.5) is 11.4 Å². The van der Waals surface area contributed by atoms with Crippen molar-refractivity contribution in [3.05, 3.63) is 50.5 Å². The molecule has 0 saturated heterocycles. The van der Waals surface area contributed by atoms with Crippen LogP contribution in [0, 0.1) is 10.1 Å². The summed E-state index contributed by atoms with van der Waals surface area (Å²) in [5.74, 6) is 0.797. The number of anilines is 1. The smallest absolute Gasteiger partial charge is 0.272 e. The molecule has 19 heavy (non-hydrogen) atoms. The zero-order valence-electron chi connectivity index (χ0n) is 9.93. The van der Waals surface area contributed by atoms with Gasteiger partial charge in [-0.25, -0.2) is 4.98 Å². The first-order valence-corrected chi connectivity index (χ1v) is 6.08. The fraction of sp³-hybridized carbons (Fsp3) is 0.182. The van der Waals surface area contributed by atoms with Crippen LogP contribution >= 0.6 is 23.2 Å². The molecule has 1 heterocycles. The lowest BCUT2D eigenvalue weighted by Crippen LogP contribution is -2.06. The van der Waals surface area contributed by atoms with Crippen molar-refractivity contribution in [3.63, 3.8) is 0 Å². The van der Waals surface area contributed by atoms with E-state index in [1.54, 1.807) is 6.20 Å². The Hall–Kier alpha value is -1.79. The Morgan fingerprint density at radius 1 is 1.42 bits per heavy atom. The molecular formula is C11H10Cl2N4O2. The molecule has 2 aromatic rings. The summed E-state index contributed by atoms with van der Waals surface area (Å²) in [7, 11) is 1.86. The van der Waals surface area contributed by atoms with Gasteiger partial charge in [-0.3, -0.25) is 10.1 Å². The van der Waals surface area contributed by atoms with E-state index in [1.165, 1.54) is 12.1 Å². The van der Waals surface area contributed by atoms with Crippen molar-refractivity contribution >= 4 is 34.6 Å². The number of aromatic nitrogens is 2. The number of imidazole rings is 1. The third kappa shape index (κ3) is 2.97. The molecule has 0 atom stereocenters. The maximum atomic E-state index is 10.7. The van der Waals surface area contributed by atoms with Crippen LogP contribution in [0.1, 0.15) is 5.82 Å². The van der Waals surface area contributed by atoms with Gasteiger partial charge in [-0.1, -0.05) is 23.2 Å². The molecule has 6 nitrogen and oxygen atoms in total. The second-order valence-corrected chi connectivity index (χ2v) is 4.66. The molecule has 2 rings (SSSR count). The van der Waals surface area contributed by atoms with Crippen LogP contribution in [-0.2, 0) is 13.6 Å². The number of aryl methyl sites for hydroxylation is 1. The Morgan fingerprint density at radius 3 is 2.53 bits per heavy atom. The van der Waals surface area contributed by atoms with Gasteiger partial charge >= 0.3 is 0 Å². The summed E-state index contributed by atoms with van der Waals surface area (Å²) in [6.07, 6.45) is 3.49. The van der Waals surface area contributed by atoms with Gasteiger partial charge in [0.05, 0.1) is 27.2 Å². The highest BCUT2D eigenvalue weighted by molar-refractivity contribution is 6.39. The molecule has 0 aliphatic carbocycles. The molecular weight excluding hydrogens is 291 g/mol. The van der Waals surface area contributed by atoms with E-state index < -0.39 is 4.92 Å². The van der Waals surface area contributed by atoms with Gasteiger partial charge in [-0.05, 0) is 0 Å². The van der Waals surface area contributed by atoms with Crippen LogP contribution in [-0.4, -0.2) is 14.5 Å². The molecule has 0 aliphatic rings. The van der Waals surface area contributed by atoms with E-state index in [9.17, 15) is 10.1 Å². The monoisotopic (exact) mass is 300 g/mol. The number of halogens is 2. The van der Waals surface area contributed by atoms with Gasteiger partial charge in [0.25, 0.3) is 5.69 Å². The van der Waals surface area contributed by atoms with Crippen molar-refractivity contribution in [2.45, 2.75) is 6.54 Å². The summed E-state index contributed by atoms with van der Waals surface area (Å²) < 4.78 is 1.85. The van der Waals surface area contributed by atoms with Gasteiger partial charge < -0.3 is 9.88 Å². The predicted molar refractivity (Wildman–Crippen MR) is 73.7 cm³/mol. The number of rotatable bonds is 4. The molecule has 0 radical (unpaired) electrons. The zero-order chi connectivity index (χ0) is 14.0. The standard InChI is InChI=1S/C11H10Cl2N4O2/c1-16-3-2-14-10(16)6-15-11-8(12)4-7(17(18)19)5-9(11)13/h2-5,15H,6H2,1H3. The summed E-state index contributed by atoms with van der Waals surface area (Å²) in [6, 6.07) is 2.52. The molecule has 8 heteroatoms. The normalized spacial score (nSPS) is 10.5. The van der Waals surface area contributed by atoms with Crippen LogP contribution in [0.25, 0.3) is 0 Å². The first-order chi connectivity index (χ1) is 8.99. The average Bonchev–Trinajstić information content (AvgIpc) is 2.73. The van der Waals surface area contributed by atoms with Crippen LogP contribution in [0.15, 0.2) is 24.5 Å². The van der Waals surface area contributed by atoms with E-state index in [-0.39, 0.29) is 15.7 Å². The highest BCUT2D eigenvalue weighted by Gasteiger charge is 2.14. The Labute approximate surface area is 119 Å². The number of benzene rings is 1. The molecule has 0 aliphatic heterocycles. The lowest BCUT2D eigenvalue weighted by atomic mass is 10.2. The molecule has 0 bridgehead atoms. The minimum Gasteiger partial charge on any atom is -0.375 e. The number of nitrogens with one attached hydrogen (secondary N) is 1. The fourth-order valence-electron chi connectivity index (χ4n) is 1.57. The van der Waals surface area contributed by atoms with Gasteiger partial charge in [0, 0.05) is 31.6 Å². The van der Waals surface area contributed by atoms with Crippen molar-refractivity contribution < 1.29 is 4.92 Å². The number of hydrogen-bond donors (Lipinski definition) is 1. The van der Waals surface area contributed by atoms with Gasteiger partial charge in [0.2, 0.25) is 0 Å². The Kier molecular flexibility index (Phi) is 3.92. The van der Waals surface area contributed by atoms with Crippen molar-refractivity contribution in [2.75, 3.05) is 5.32 Å². The lowest BCUT2D eigenvalue weighted by Gasteiger charge is -2.10.